The Hall–Kier alpha value is -3.06. The number of carbonyl (C=O) groups excluding carboxylic acids is 1. The lowest BCUT2D eigenvalue weighted by molar-refractivity contribution is -0.118. The second-order valence-corrected chi connectivity index (χ2v) is 7.35. The highest BCUT2D eigenvalue weighted by atomic mass is 16.5. The topological polar surface area (TPSA) is 62.1 Å². The number of nitriles is 1. The normalized spacial score (nSPS) is 19.5. The lowest BCUT2D eigenvalue weighted by Gasteiger charge is -2.29. The van der Waals surface area contributed by atoms with E-state index < -0.39 is 0 Å². The number of hydrogen-bond donors (Lipinski definition) is 1. The Morgan fingerprint density at radius 2 is 1.86 bits per heavy atom. The molecule has 0 spiro atoms. The van der Waals surface area contributed by atoms with Crippen molar-refractivity contribution < 1.29 is 9.53 Å². The molecule has 1 fully saturated rings. The van der Waals surface area contributed by atoms with Crippen molar-refractivity contribution in [3.05, 3.63) is 71.3 Å². The maximum Gasteiger partial charge on any atom is 0.262 e. The number of carbonyl (C=O) groups is 1. The van der Waals surface area contributed by atoms with Gasteiger partial charge in [-0.25, -0.2) is 0 Å². The summed E-state index contributed by atoms with van der Waals surface area (Å²) in [5.41, 5.74) is 2.04. The minimum atomic E-state index is -0.286. The van der Waals surface area contributed by atoms with Crippen molar-refractivity contribution in [2.45, 2.75) is 45.3 Å². The highest BCUT2D eigenvalue weighted by molar-refractivity contribution is 6.01. The van der Waals surface area contributed by atoms with Crippen LogP contribution in [0.15, 0.2) is 60.2 Å². The van der Waals surface area contributed by atoms with Gasteiger partial charge in [0.05, 0.1) is 0 Å². The van der Waals surface area contributed by atoms with E-state index in [1.165, 1.54) is 6.42 Å². The van der Waals surface area contributed by atoms with Crippen LogP contribution in [0.4, 0.5) is 0 Å². The summed E-state index contributed by atoms with van der Waals surface area (Å²) in [6.07, 6.45) is 6.09. The zero-order valence-electron chi connectivity index (χ0n) is 16.2. The fourth-order valence-corrected chi connectivity index (χ4v) is 3.49. The highest BCUT2D eigenvalue weighted by Gasteiger charge is 2.24. The summed E-state index contributed by atoms with van der Waals surface area (Å²) in [6.45, 7) is 2.66. The molecule has 1 aliphatic rings. The third-order valence-electron chi connectivity index (χ3n) is 5.23. The number of amides is 1. The Labute approximate surface area is 166 Å². The minimum Gasteiger partial charge on any atom is -0.489 e. The summed E-state index contributed by atoms with van der Waals surface area (Å²) in [5.74, 6) is 0.921. The molecule has 0 saturated heterocycles. The van der Waals surface area contributed by atoms with Crippen LogP contribution in [-0.4, -0.2) is 11.9 Å². The van der Waals surface area contributed by atoms with E-state index in [-0.39, 0.29) is 17.5 Å². The molecule has 4 nitrogen and oxygen atoms in total. The van der Waals surface area contributed by atoms with Crippen molar-refractivity contribution in [2.75, 3.05) is 0 Å². The molecule has 4 heteroatoms. The largest absolute Gasteiger partial charge is 0.489 e. The number of ether oxygens (including phenoxy) is 1. The second kappa shape index (κ2) is 9.75. The summed E-state index contributed by atoms with van der Waals surface area (Å²) in [4.78, 5) is 12.5. The fraction of sp³-hybridized carbons (Fsp3) is 0.333. The number of benzene rings is 2. The van der Waals surface area contributed by atoms with Gasteiger partial charge in [0.25, 0.3) is 5.91 Å². The Kier molecular flexibility index (Phi) is 6.86. The van der Waals surface area contributed by atoms with Crippen LogP contribution in [0, 0.1) is 17.2 Å². The van der Waals surface area contributed by atoms with E-state index in [2.05, 4.69) is 12.2 Å². The van der Waals surface area contributed by atoms with Crippen molar-refractivity contribution in [1.29, 1.82) is 5.26 Å². The standard InChI is InChI=1S/C24H26N2O2/c1-18-7-5-6-10-23(18)26-24(27)21(16-25)15-19-11-13-22(14-12-19)28-17-20-8-3-2-4-9-20/h2-4,8-9,11-15,18,23H,5-7,10,17H2,1H3,(H,26,27)/b21-15+/t18-,23-/m0/s1. The van der Waals surface area contributed by atoms with E-state index in [1.807, 2.05) is 60.7 Å². The quantitative estimate of drug-likeness (QED) is 0.580. The van der Waals surface area contributed by atoms with Crippen molar-refractivity contribution in [2.24, 2.45) is 5.92 Å². The van der Waals surface area contributed by atoms with Gasteiger partial charge in [-0.2, -0.15) is 5.26 Å². The van der Waals surface area contributed by atoms with Crippen LogP contribution in [0.3, 0.4) is 0 Å². The molecule has 0 bridgehead atoms. The highest BCUT2D eigenvalue weighted by Crippen LogP contribution is 2.24. The van der Waals surface area contributed by atoms with Gasteiger partial charge in [-0.15, -0.1) is 0 Å². The van der Waals surface area contributed by atoms with Crippen LogP contribution in [-0.2, 0) is 11.4 Å². The molecule has 2 aromatic rings. The summed E-state index contributed by atoms with van der Waals surface area (Å²) >= 11 is 0. The van der Waals surface area contributed by atoms with Crippen molar-refractivity contribution in [3.8, 4) is 11.8 Å². The average molecular weight is 374 g/mol. The molecule has 0 unspecified atom stereocenters. The first-order chi connectivity index (χ1) is 13.7. The molecule has 144 valence electrons. The fourth-order valence-electron chi connectivity index (χ4n) is 3.49. The van der Waals surface area contributed by atoms with Gasteiger partial charge in [0, 0.05) is 6.04 Å². The van der Waals surface area contributed by atoms with Crippen LogP contribution in [0.1, 0.15) is 43.7 Å². The summed E-state index contributed by atoms with van der Waals surface area (Å²) < 4.78 is 5.77. The molecule has 28 heavy (non-hydrogen) atoms. The Bertz CT molecular complexity index is 850. The molecule has 1 amide bonds. The zero-order valence-corrected chi connectivity index (χ0v) is 16.2. The van der Waals surface area contributed by atoms with Crippen LogP contribution >= 0.6 is 0 Å². The maximum absolute atomic E-state index is 12.5. The number of nitrogens with one attached hydrogen (secondary N) is 1. The molecule has 0 radical (unpaired) electrons. The van der Waals surface area contributed by atoms with Gasteiger partial charge in [0.1, 0.15) is 24.0 Å². The molecule has 1 N–H and O–H groups in total. The van der Waals surface area contributed by atoms with Crippen molar-refractivity contribution >= 4 is 12.0 Å². The van der Waals surface area contributed by atoms with Gasteiger partial charge < -0.3 is 10.1 Å². The Morgan fingerprint density at radius 3 is 2.54 bits per heavy atom. The minimum absolute atomic E-state index is 0.135. The maximum atomic E-state index is 12.5. The number of rotatable bonds is 6. The molecular weight excluding hydrogens is 348 g/mol. The van der Waals surface area contributed by atoms with Gasteiger partial charge in [0.15, 0.2) is 0 Å². The molecular formula is C24H26N2O2. The van der Waals surface area contributed by atoms with Gasteiger partial charge in [0.2, 0.25) is 0 Å². The van der Waals surface area contributed by atoms with Crippen LogP contribution in [0.5, 0.6) is 5.75 Å². The van der Waals surface area contributed by atoms with Crippen molar-refractivity contribution in [1.82, 2.24) is 5.32 Å². The Morgan fingerprint density at radius 1 is 1.14 bits per heavy atom. The number of nitrogens with zero attached hydrogens (tertiary/aromatic N) is 1. The monoisotopic (exact) mass is 374 g/mol. The van der Waals surface area contributed by atoms with E-state index in [0.717, 1.165) is 36.1 Å². The van der Waals surface area contributed by atoms with Gasteiger partial charge >= 0.3 is 0 Å². The molecule has 2 atom stereocenters. The molecule has 3 rings (SSSR count). The molecule has 1 saturated carbocycles. The van der Waals surface area contributed by atoms with Crippen LogP contribution < -0.4 is 10.1 Å². The second-order valence-electron chi connectivity index (χ2n) is 7.35. The SMILES string of the molecule is C[C@H]1CCCC[C@@H]1NC(=O)/C(C#N)=C/c1ccc(OCc2ccccc2)cc1. The third-order valence-corrected chi connectivity index (χ3v) is 5.23. The smallest absolute Gasteiger partial charge is 0.262 e. The van der Waals surface area contributed by atoms with E-state index in [4.69, 9.17) is 4.74 Å². The molecule has 0 aromatic heterocycles. The Balaban J connectivity index is 1.60. The predicted molar refractivity (Wildman–Crippen MR) is 110 cm³/mol. The lowest BCUT2D eigenvalue weighted by Crippen LogP contribution is -2.41. The predicted octanol–water partition coefficient (Wildman–Crippen LogP) is 4.87. The average Bonchev–Trinajstić information content (AvgIpc) is 2.73. The first kappa shape index (κ1) is 19.7. The zero-order chi connectivity index (χ0) is 19.8. The summed E-state index contributed by atoms with van der Waals surface area (Å²) in [5, 5.41) is 12.4. The molecule has 2 aromatic carbocycles. The van der Waals surface area contributed by atoms with E-state index in [1.54, 1.807) is 6.08 Å². The van der Waals surface area contributed by atoms with Gasteiger partial charge in [-0.3, -0.25) is 4.79 Å². The summed E-state index contributed by atoms with van der Waals surface area (Å²) in [7, 11) is 0. The number of hydrogen-bond acceptors (Lipinski definition) is 3. The summed E-state index contributed by atoms with van der Waals surface area (Å²) in [6, 6.07) is 19.6. The first-order valence-electron chi connectivity index (χ1n) is 9.85. The van der Waals surface area contributed by atoms with E-state index in [0.29, 0.717) is 12.5 Å². The first-order valence-corrected chi connectivity index (χ1v) is 9.85. The molecule has 1 aliphatic carbocycles. The van der Waals surface area contributed by atoms with Crippen LogP contribution in [0.25, 0.3) is 6.08 Å². The third kappa shape index (κ3) is 5.47. The lowest BCUT2D eigenvalue weighted by atomic mass is 9.86. The van der Waals surface area contributed by atoms with Crippen molar-refractivity contribution in [3.63, 3.8) is 0 Å². The van der Waals surface area contributed by atoms with E-state index >= 15 is 0 Å². The van der Waals surface area contributed by atoms with Crippen LogP contribution in [0.2, 0.25) is 0 Å². The molecule has 0 aliphatic heterocycles. The van der Waals surface area contributed by atoms with Gasteiger partial charge in [-0.05, 0) is 48.1 Å². The molecule has 0 heterocycles. The van der Waals surface area contributed by atoms with Gasteiger partial charge in [-0.1, -0.05) is 62.2 Å². The van der Waals surface area contributed by atoms with E-state index in [9.17, 15) is 10.1 Å².